The molecule has 0 aliphatic carbocycles. The van der Waals surface area contributed by atoms with Crippen LogP contribution in [0, 0.1) is 20.2 Å². The maximum Gasteiger partial charge on any atom is 0.270 e. The molecule has 0 bridgehead atoms. The van der Waals surface area contributed by atoms with E-state index in [0.717, 1.165) is 60.6 Å². The second-order valence-corrected chi connectivity index (χ2v) is 8.58. The van der Waals surface area contributed by atoms with E-state index in [9.17, 15) is 40.0 Å². The molecule has 0 radical (unpaired) electrons. The minimum Gasteiger partial charge on any atom is -0.507 e. The number of carbonyl (C=O) groups excluding carboxylic acids is 2. The molecule has 0 fully saturated rings. The Labute approximate surface area is 202 Å². The highest BCUT2D eigenvalue weighted by Crippen LogP contribution is 2.22. The molecule has 0 aromatic heterocycles. The van der Waals surface area contributed by atoms with E-state index in [1.807, 2.05) is 0 Å². The standard InChI is InChI=1S/C20H20N6O8S/c1-11(19(29)23-21-9-13-7-15(25(31)32)3-5-17(13)27)35-12(2)20(30)24-22-10-14-8-16(26(33)34)4-6-18(14)28/h3-12,27-28H,1-2H3,(H,23,29)(H,24,30)/b21-9-,22-10-/t11-,12-/m0/s1. The van der Waals surface area contributed by atoms with Crippen molar-refractivity contribution in [2.45, 2.75) is 24.3 Å². The summed E-state index contributed by atoms with van der Waals surface area (Å²) in [5.74, 6) is -1.66. The van der Waals surface area contributed by atoms with Gasteiger partial charge in [0.05, 0.1) is 32.8 Å². The van der Waals surface area contributed by atoms with Crippen LogP contribution in [0.2, 0.25) is 0 Å². The van der Waals surface area contributed by atoms with Crippen molar-refractivity contribution in [1.29, 1.82) is 0 Å². The number of phenolic OH excluding ortho intramolecular Hbond substituents is 2. The van der Waals surface area contributed by atoms with Crippen LogP contribution in [0.25, 0.3) is 0 Å². The van der Waals surface area contributed by atoms with Crippen molar-refractivity contribution in [2.24, 2.45) is 10.2 Å². The molecule has 0 unspecified atom stereocenters. The van der Waals surface area contributed by atoms with Crippen LogP contribution in [0.4, 0.5) is 11.4 Å². The zero-order chi connectivity index (χ0) is 26.1. The molecule has 2 atom stereocenters. The first-order chi connectivity index (χ1) is 16.5. The van der Waals surface area contributed by atoms with Gasteiger partial charge in [-0.2, -0.15) is 10.2 Å². The number of nitrogens with zero attached hydrogens (tertiary/aromatic N) is 4. The van der Waals surface area contributed by atoms with E-state index < -0.39 is 32.2 Å². The van der Waals surface area contributed by atoms with Crippen molar-refractivity contribution in [3.63, 3.8) is 0 Å². The van der Waals surface area contributed by atoms with Gasteiger partial charge in [-0.05, 0) is 26.0 Å². The molecule has 0 aliphatic rings. The van der Waals surface area contributed by atoms with Gasteiger partial charge in [0, 0.05) is 35.4 Å². The summed E-state index contributed by atoms with van der Waals surface area (Å²) in [4.78, 5) is 44.8. The van der Waals surface area contributed by atoms with E-state index >= 15 is 0 Å². The normalized spacial score (nSPS) is 12.9. The molecule has 0 aliphatic heterocycles. The van der Waals surface area contributed by atoms with E-state index in [1.165, 1.54) is 13.8 Å². The molecule has 2 aromatic carbocycles. The number of rotatable bonds is 10. The molecule has 14 nitrogen and oxygen atoms in total. The van der Waals surface area contributed by atoms with Crippen molar-refractivity contribution >= 4 is 47.4 Å². The Balaban J connectivity index is 1.89. The van der Waals surface area contributed by atoms with Gasteiger partial charge in [0.25, 0.3) is 23.2 Å². The van der Waals surface area contributed by atoms with Crippen LogP contribution in [0.5, 0.6) is 11.5 Å². The van der Waals surface area contributed by atoms with Gasteiger partial charge in [-0.15, -0.1) is 11.8 Å². The Morgan fingerprint density at radius 3 is 1.57 bits per heavy atom. The van der Waals surface area contributed by atoms with Crippen LogP contribution < -0.4 is 10.9 Å². The average Bonchev–Trinajstić information content (AvgIpc) is 2.80. The van der Waals surface area contributed by atoms with Crippen molar-refractivity contribution < 1.29 is 29.6 Å². The van der Waals surface area contributed by atoms with Gasteiger partial charge < -0.3 is 10.2 Å². The summed E-state index contributed by atoms with van der Waals surface area (Å²) in [5.41, 5.74) is 3.98. The number of hydrogen-bond donors (Lipinski definition) is 4. The Bertz CT molecular complexity index is 1110. The van der Waals surface area contributed by atoms with Crippen LogP contribution in [0.15, 0.2) is 46.6 Å². The van der Waals surface area contributed by atoms with Crippen LogP contribution >= 0.6 is 11.8 Å². The molecule has 2 rings (SSSR count). The first-order valence-electron chi connectivity index (χ1n) is 9.75. The minimum absolute atomic E-state index is 0.0280. The second kappa shape index (κ2) is 12.1. The summed E-state index contributed by atoms with van der Waals surface area (Å²) in [7, 11) is 0. The third-order valence-electron chi connectivity index (χ3n) is 4.35. The smallest absolute Gasteiger partial charge is 0.270 e. The van der Waals surface area contributed by atoms with Gasteiger partial charge in [0.2, 0.25) is 0 Å². The van der Waals surface area contributed by atoms with Crippen molar-refractivity contribution in [3.05, 3.63) is 67.8 Å². The second-order valence-electron chi connectivity index (χ2n) is 6.89. The largest absolute Gasteiger partial charge is 0.507 e. The first-order valence-corrected chi connectivity index (χ1v) is 10.7. The number of aromatic hydroxyl groups is 2. The Kier molecular flexibility index (Phi) is 9.22. The monoisotopic (exact) mass is 504 g/mol. The van der Waals surface area contributed by atoms with Crippen LogP contribution in [0.3, 0.4) is 0 Å². The van der Waals surface area contributed by atoms with Gasteiger partial charge in [-0.1, -0.05) is 0 Å². The number of hydrogen-bond acceptors (Lipinski definition) is 11. The topological polar surface area (TPSA) is 210 Å². The van der Waals surface area contributed by atoms with Gasteiger partial charge in [0.15, 0.2) is 0 Å². The zero-order valence-electron chi connectivity index (χ0n) is 18.3. The van der Waals surface area contributed by atoms with E-state index in [0.29, 0.717) is 0 Å². The molecule has 15 heteroatoms. The molecule has 184 valence electrons. The number of nitro benzene ring substituents is 2. The Morgan fingerprint density at radius 2 is 1.23 bits per heavy atom. The molecule has 4 N–H and O–H groups in total. The lowest BCUT2D eigenvalue weighted by atomic mass is 10.2. The summed E-state index contributed by atoms with van der Waals surface area (Å²) in [6, 6.07) is 6.67. The quantitative estimate of drug-likeness (QED) is 0.211. The van der Waals surface area contributed by atoms with Crippen molar-refractivity contribution in [3.8, 4) is 11.5 Å². The van der Waals surface area contributed by atoms with E-state index in [4.69, 9.17) is 0 Å². The fourth-order valence-corrected chi connectivity index (χ4v) is 3.43. The summed E-state index contributed by atoms with van der Waals surface area (Å²) in [5, 5.41) is 47.0. The molecule has 2 amide bonds. The number of thioether (sulfide) groups is 1. The molecular formula is C20H20N6O8S. The maximum atomic E-state index is 12.2. The number of non-ortho nitro benzene ring substituents is 2. The van der Waals surface area contributed by atoms with E-state index in [-0.39, 0.29) is 34.0 Å². The highest BCUT2D eigenvalue weighted by molar-refractivity contribution is 8.01. The molecule has 0 spiro atoms. The third-order valence-corrected chi connectivity index (χ3v) is 5.59. The summed E-state index contributed by atoms with van der Waals surface area (Å²) in [6.45, 7) is 3.04. The number of benzene rings is 2. The average molecular weight is 504 g/mol. The lowest BCUT2D eigenvalue weighted by Crippen LogP contribution is -2.33. The molecule has 35 heavy (non-hydrogen) atoms. The Morgan fingerprint density at radius 1 is 0.857 bits per heavy atom. The molecule has 0 saturated heterocycles. The SMILES string of the molecule is C[C@H](S[C@@H](C)C(=O)N/N=C\c1cc([N+](=O)[O-])ccc1O)C(=O)N/N=C\c1cc([N+](=O)[O-])ccc1O. The van der Waals surface area contributed by atoms with Gasteiger partial charge in [-0.3, -0.25) is 29.8 Å². The third kappa shape index (κ3) is 7.78. The number of amides is 2. The Hall–Kier alpha value is -4.53. The fourth-order valence-electron chi connectivity index (χ4n) is 2.46. The first kappa shape index (κ1) is 26.7. The summed E-state index contributed by atoms with van der Waals surface area (Å²) >= 11 is 0.978. The van der Waals surface area contributed by atoms with Crippen LogP contribution in [-0.2, 0) is 9.59 Å². The van der Waals surface area contributed by atoms with Gasteiger partial charge >= 0.3 is 0 Å². The number of carbonyl (C=O) groups is 2. The van der Waals surface area contributed by atoms with Crippen molar-refractivity contribution in [2.75, 3.05) is 0 Å². The molecule has 0 saturated carbocycles. The fraction of sp³-hybridized carbons (Fsp3) is 0.200. The predicted molar refractivity (Wildman–Crippen MR) is 128 cm³/mol. The highest BCUT2D eigenvalue weighted by atomic mass is 32.2. The lowest BCUT2D eigenvalue weighted by molar-refractivity contribution is -0.385. The highest BCUT2D eigenvalue weighted by Gasteiger charge is 2.21. The van der Waals surface area contributed by atoms with Gasteiger partial charge in [0.1, 0.15) is 11.5 Å². The maximum absolute atomic E-state index is 12.2. The number of hydrazone groups is 2. The van der Waals surface area contributed by atoms with Crippen LogP contribution in [-0.4, -0.2) is 54.8 Å². The number of nitro groups is 2. The van der Waals surface area contributed by atoms with Crippen LogP contribution in [0.1, 0.15) is 25.0 Å². The van der Waals surface area contributed by atoms with E-state index in [2.05, 4.69) is 21.1 Å². The number of phenols is 2. The summed E-state index contributed by atoms with van der Waals surface area (Å²) in [6.07, 6.45) is 2.09. The van der Waals surface area contributed by atoms with Gasteiger partial charge in [-0.25, -0.2) is 10.9 Å². The summed E-state index contributed by atoms with van der Waals surface area (Å²) < 4.78 is 0. The molecule has 2 aromatic rings. The van der Waals surface area contributed by atoms with Crippen molar-refractivity contribution in [1.82, 2.24) is 10.9 Å². The zero-order valence-corrected chi connectivity index (χ0v) is 19.1. The van der Waals surface area contributed by atoms with E-state index in [1.54, 1.807) is 0 Å². The lowest BCUT2D eigenvalue weighted by Gasteiger charge is -2.14. The predicted octanol–water partition coefficient (Wildman–Crippen LogP) is 2.02. The minimum atomic E-state index is -0.739. The molecule has 0 heterocycles. The molecular weight excluding hydrogens is 484 g/mol. The number of nitrogens with one attached hydrogen (secondary N) is 2.